The van der Waals surface area contributed by atoms with Crippen molar-refractivity contribution in [1.82, 2.24) is 0 Å². The molecule has 1 rings (SSSR count). The molecule has 0 saturated heterocycles. The number of methoxy groups -OCH3 is 1. The van der Waals surface area contributed by atoms with Gasteiger partial charge in [0.2, 0.25) is 0 Å². The average Bonchev–Trinajstić information content (AvgIpc) is 2.25. The molecule has 1 aromatic rings. The molecule has 0 amide bonds. The van der Waals surface area contributed by atoms with Crippen molar-refractivity contribution in [2.24, 2.45) is 0 Å². The van der Waals surface area contributed by atoms with Gasteiger partial charge in [-0.2, -0.15) is 0 Å². The fourth-order valence-electron chi connectivity index (χ4n) is 1.03. The molecule has 3 nitrogen and oxygen atoms in total. The number of ether oxygens (including phenoxy) is 2. The summed E-state index contributed by atoms with van der Waals surface area (Å²) in [6.45, 7) is 1.92. The summed E-state index contributed by atoms with van der Waals surface area (Å²) >= 11 is 1.59. The SMILES string of the molecule is COCCOCCSc1ccccc1O. The Morgan fingerprint density at radius 3 is 2.73 bits per heavy atom. The van der Waals surface area contributed by atoms with Gasteiger partial charge in [0.25, 0.3) is 0 Å². The number of para-hydroxylation sites is 1. The third-order valence-corrected chi connectivity index (χ3v) is 2.81. The molecule has 0 aromatic heterocycles. The average molecular weight is 228 g/mol. The van der Waals surface area contributed by atoms with Crippen LogP contribution in [0.5, 0.6) is 5.75 Å². The maximum absolute atomic E-state index is 9.47. The highest BCUT2D eigenvalue weighted by molar-refractivity contribution is 7.99. The second-order valence-electron chi connectivity index (χ2n) is 2.92. The molecule has 0 spiro atoms. The lowest BCUT2D eigenvalue weighted by atomic mass is 10.3. The minimum atomic E-state index is 0.333. The predicted octanol–water partition coefficient (Wildman–Crippen LogP) is 2.15. The Hall–Kier alpha value is -0.710. The van der Waals surface area contributed by atoms with Gasteiger partial charge in [-0.3, -0.25) is 0 Å². The monoisotopic (exact) mass is 228 g/mol. The number of aromatic hydroxyl groups is 1. The molecule has 1 N–H and O–H groups in total. The van der Waals surface area contributed by atoms with Gasteiger partial charge in [0.05, 0.1) is 19.8 Å². The highest BCUT2D eigenvalue weighted by Gasteiger charge is 1.99. The number of phenolic OH excluding ortho intramolecular Hbond substituents is 1. The van der Waals surface area contributed by atoms with Crippen molar-refractivity contribution in [3.05, 3.63) is 24.3 Å². The molecule has 0 atom stereocenters. The Kier molecular flexibility index (Phi) is 6.23. The first-order valence-electron chi connectivity index (χ1n) is 4.82. The number of benzene rings is 1. The Bertz CT molecular complexity index is 278. The molecule has 1 aromatic carbocycles. The zero-order valence-corrected chi connectivity index (χ0v) is 9.63. The molecular formula is C11H16O3S. The fraction of sp³-hybridized carbons (Fsp3) is 0.455. The van der Waals surface area contributed by atoms with E-state index < -0.39 is 0 Å². The highest BCUT2D eigenvalue weighted by atomic mass is 32.2. The van der Waals surface area contributed by atoms with E-state index in [2.05, 4.69) is 0 Å². The molecule has 0 radical (unpaired) electrons. The Morgan fingerprint density at radius 1 is 1.20 bits per heavy atom. The van der Waals surface area contributed by atoms with E-state index in [1.54, 1.807) is 24.9 Å². The van der Waals surface area contributed by atoms with Crippen LogP contribution in [0.1, 0.15) is 0 Å². The van der Waals surface area contributed by atoms with E-state index in [4.69, 9.17) is 9.47 Å². The van der Waals surface area contributed by atoms with Gasteiger partial charge in [0.1, 0.15) is 5.75 Å². The third kappa shape index (κ3) is 5.06. The molecule has 84 valence electrons. The topological polar surface area (TPSA) is 38.7 Å². The predicted molar refractivity (Wildman–Crippen MR) is 61.5 cm³/mol. The van der Waals surface area contributed by atoms with Crippen LogP contribution in [0.3, 0.4) is 0 Å². The lowest BCUT2D eigenvalue weighted by molar-refractivity contribution is 0.0790. The van der Waals surface area contributed by atoms with Gasteiger partial charge in [-0.05, 0) is 12.1 Å². The molecule has 0 fully saturated rings. The second-order valence-corrected chi connectivity index (χ2v) is 4.06. The third-order valence-electron chi connectivity index (χ3n) is 1.78. The summed E-state index contributed by atoms with van der Waals surface area (Å²) in [7, 11) is 1.65. The van der Waals surface area contributed by atoms with Crippen LogP contribution in [0.2, 0.25) is 0 Å². The number of thioether (sulfide) groups is 1. The van der Waals surface area contributed by atoms with Crippen LogP contribution in [0.25, 0.3) is 0 Å². The van der Waals surface area contributed by atoms with Gasteiger partial charge in [-0.25, -0.2) is 0 Å². The smallest absolute Gasteiger partial charge is 0.129 e. The molecule has 0 heterocycles. The summed E-state index contributed by atoms with van der Waals surface area (Å²) in [5.41, 5.74) is 0. The molecule has 0 aliphatic heterocycles. The van der Waals surface area contributed by atoms with Gasteiger partial charge in [-0.1, -0.05) is 12.1 Å². The lowest BCUT2D eigenvalue weighted by Gasteiger charge is -2.04. The minimum absolute atomic E-state index is 0.333. The van der Waals surface area contributed by atoms with Crippen LogP contribution in [0, 0.1) is 0 Å². The number of hydrogen-bond donors (Lipinski definition) is 1. The van der Waals surface area contributed by atoms with E-state index in [0.717, 1.165) is 10.6 Å². The maximum atomic E-state index is 9.47. The summed E-state index contributed by atoms with van der Waals surface area (Å²) in [5, 5.41) is 9.47. The summed E-state index contributed by atoms with van der Waals surface area (Å²) in [5.74, 6) is 1.17. The van der Waals surface area contributed by atoms with Gasteiger partial charge >= 0.3 is 0 Å². The first kappa shape index (κ1) is 12.4. The first-order chi connectivity index (χ1) is 7.34. The molecule has 0 aliphatic carbocycles. The van der Waals surface area contributed by atoms with Crippen molar-refractivity contribution in [2.45, 2.75) is 4.90 Å². The lowest BCUT2D eigenvalue weighted by Crippen LogP contribution is -2.04. The summed E-state index contributed by atoms with van der Waals surface area (Å²) in [6.07, 6.45) is 0. The van der Waals surface area contributed by atoms with Crippen molar-refractivity contribution < 1.29 is 14.6 Å². The largest absolute Gasteiger partial charge is 0.507 e. The highest BCUT2D eigenvalue weighted by Crippen LogP contribution is 2.27. The Balaban J connectivity index is 2.12. The Morgan fingerprint density at radius 2 is 2.00 bits per heavy atom. The van der Waals surface area contributed by atoms with Crippen LogP contribution >= 0.6 is 11.8 Å². The van der Waals surface area contributed by atoms with Crippen molar-refractivity contribution in [2.75, 3.05) is 32.7 Å². The quantitative estimate of drug-likeness (QED) is 0.573. The first-order valence-corrected chi connectivity index (χ1v) is 5.80. The summed E-state index contributed by atoms with van der Waals surface area (Å²) < 4.78 is 10.2. The minimum Gasteiger partial charge on any atom is -0.507 e. The van der Waals surface area contributed by atoms with E-state index in [1.165, 1.54) is 0 Å². The molecule has 0 bridgehead atoms. The normalized spacial score (nSPS) is 10.5. The van der Waals surface area contributed by atoms with Gasteiger partial charge in [0, 0.05) is 17.8 Å². The van der Waals surface area contributed by atoms with Crippen LogP contribution in [-0.2, 0) is 9.47 Å². The van der Waals surface area contributed by atoms with E-state index in [9.17, 15) is 5.11 Å². The van der Waals surface area contributed by atoms with E-state index in [0.29, 0.717) is 25.6 Å². The van der Waals surface area contributed by atoms with E-state index in [1.807, 2.05) is 18.2 Å². The molecule has 4 heteroatoms. The Labute approximate surface area is 94.4 Å². The van der Waals surface area contributed by atoms with Gasteiger partial charge < -0.3 is 14.6 Å². The molecular weight excluding hydrogens is 212 g/mol. The maximum Gasteiger partial charge on any atom is 0.129 e. The van der Waals surface area contributed by atoms with Crippen LogP contribution < -0.4 is 0 Å². The van der Waals surface area contributed by atoms with Crippen LogP contribution in [0.15, 0.2) is 29.2 Å². The van der Waals surface area contributed by atoms with E-state index >= 15 is 0 Å². The van der Waals surface area contributed by atoms with Crippen molar-refractivity contribution in [3.8, 4) is 5.75 Å². The zero-order valence-electron chi connectivity index (χ0n) is 8.81. The number of hydrogen-bond acceptors (Lipinski definition) is 4. The second kappa shape index (κ2) is 7.56. The van der Waals surface area contributed by atoms with Gasteiger partial charge in [-0.15, -0.1) is 11.8 Å². The van der Waals surface area contributed by atoms with Crippen molar-refractivity contribution >= 4 is 11.8 Å². The molecule has 15 heavy (non-hydrogen) atoms. The zero-order chi connectivity index (χ0) is 10.9. The molecule has 0 saturated carbocycles. The fourth-order valence-corrected chi connectivity index (χ4v) is 1.85. The standard InChI is InChI=1S/C11H16O3S/c1-13-6-7-14-8-9-15-11-5-3-2-4-10(11)12/h2-5,12H,6-9H2,1H3. The summed E-state index contributed by atoms with van der Waals surface area (Å²) in [6, 6.07) is 7.31. The molecule has 0 unspecified atom stereocenters. The van der Waals surface area contributed by atoms with Crippen molar-refractivity contribution in [3.63, 3.8) is 0 Å². The van der Waals surface area contributed by atoms with Gasteiger partial charge in [0.15, 0.2) is 0 Å². The van der Waals surface area contributed by atoms with Crippen LogP contribution in [-0.4, -0.2) is 37.8 Å². The molecule has 0 aliphatic rings. The van der Waals surface area contributed by atoms with Crippen molar-refractivity contribution in [1.29, 1.82) is 0 Å². The van der Waals surface area contributed by atoms with Crippen LogP contribution in [0.4, 0.5) is 0 Å². The summed E-state index contributed by atoms with van der Waals surface area (Å²) in [4.78, 5) is 0.896. The van der Waals surface area contributed by atoms with E-state index in [-0.39, 0.29) is 0 Å². The number of rotatable bonds is 7. The number of phenols is 1.